The molecule has 4 aromatic carbocycles. The molecule has 2 atom stereocenters. The topological polar surface area (TPSA) is 96.0 Å². The van der Waals surface area contributed by atoms with Crippen molar-refractivity contribution in [2.45, 2.75) is 50.2 Å². The summed E-state index contributed by atoms with van der Waals surface area (Å²) in [5, 5.41) is 3.05. The molecule has 1 N–H and O–H groups in total. The van der Waals surface area contributed by atoms with Crippen LogP contribution in [0.25, 0.3) is 0 Å². The second kappa shape index (κ2) is 15.7. The summed E-state index contributed by atoms with van der Waals surface area (Å²) < 4.78 is 35.3. The third kappa shape index (κ3) is 8.95. The normalized spacial score (nSPS) is 12.5. The van der Waals surface area contributed by atoms with Crippen molar-refractivity contribution in [1.29, 1.82) is 0 Å². The fourth-order valence-electron chi connectivity index (χ4n) is 4.82. The monoisotopic (exact) mass is 691 g/mol. The van der Waals surface area contributed by atoms with Crippen LogP contribution in [0.1, 0.15) is 31.4 Å². The van der Waals surface area contributed by atoms with Gasteiger partial charge in [-0.05, 0) is 73.0 Å². The number of hydrogen-bond donors (Lipinski definition) is 1. The first kappa shape index (κ1) is 33.7. The number of hydrogen-bond acceptors (Lipinski definition) is 5. The molecule has 4 rings (SSSR count). The summed E-state index contributed by atoms with van der Waals surface area (Å²) in [7, 11) is -2.69. The molecule has 0 aliphatic rings. The van der Waals surface area contributed by atoms with E-state index in [1.165, 1.54) is 24.1 Å². The number of rotatable bonds is 14. The summed E-state index contributed by atoms with van der Waals surface area (Å²) in [5.74, 6) is -0.315. The predicted molar refractivity (Wildman–Crippen MR) is 180 cm³/mol. The first-order valence-electron chi connectivity index (χ1n) is 14.7. The van der Waals surface area contributed by atoms with Gasteiger partial charge in [-0.15, -0.1) is 0 Å². The quantitative estimate of drug-likeness (QED) is 0.170. The number of carbonyl (C=O) groups excluding carboxylic acids is 2. The third-order valence-electron chi connectivity index (χ3n) is 7.48. The number of ether oxygens (including phenoxy) is 1. The van der Waals surface area contributed by atoms with Gasteiger partial charge in [-0.25, -0.2) is 8.42 Å². The molecule has 0 radical (unpaired) electrons. The number of nitrogens with one attached hydrogen (secondary N) is 1. The van der Waals surface area contributed by atoms with E-state index in [2.05, 4.69) is 21.2 Å². The van der Waals surface area contributed by atoms with Crippen LogP contribution in [0, 0.1) is 0 Å². The lowest BCUT2D eigenvalue weighted by Gasteiger charge is -2.34. The molecule has 8 nitrogen and oxygen atoms in total. The summed E-state index contributed by atoms with van der Waals surface area (Å²) in [5.41, 5.74) is 1.99. The number of amides is 2. The number of benzene rings is 4. The molecule has 0 aromatic heterocycles. The van der Waals surface area contributed by atoms with Crippen LogP contribution in [0.5, 0.6) is 5.75 Å². The largest absolute Gasteiger partial charge is 0.497 e. The highest BCUT2D eigenvalue weighted by molar-refractivity contribution is 9.10. The first-order valence-corrected chi connectivity index (χ1v) is 17.0. The molecular weight excluding hydrogens is 654 g/mol. The lowest BCUT2D eigenvalue weighted by atomic mass is 10.0. The number of nitrogens with zero attached hydrogens (tertiary/aromatic N) is 2. The lowest BCUT2D eigenvalue weighted by molar-refractivity contribution is -0.140. The van der Waals surface area contributed by atoms with Crippen molar-refractivity contribution in [2.24, 2.45) is 0 Å². The van der Waals surface area contributed by atoms with Gasteiger partial charge in [0.2, 0.25) is 11.8 Å². The summed E-state index contributed by atoms with van der Waals surface area (Å²) in [4.78, 5) is 29.9. The average molecular weight is 693 g/mol. The van der Waals surface area contributed by atoms with E-state index in [4.69, 9.17) is 4.74 Å². The molecule has 0 aliphatic carbocycles. The van der Waals surface area contributed by atoms with Gasteiger partial charge < -0.3 is 15.0 Å². The van der Waals surface area contributed by atoms with E-state index in [1.54, 1.807) is 42.5 Å². The van der Waals surface area contributed by atoms with E-state index >= 15 is 0 Å². The zero-order chi connectivity index (χ0) is 32.4. The third-order valence-corrected chi connectivity index (χ3v) is 9.77. The molecule has 236 valence electrons. The van der Waals surface area contributed by atoms with Crippen LogP contribution >= 0.6 is 15.9 Å². The molecule has 0 bridgehead atoms. The fourth-order valence-corrected chi connectivity index (χ4v) is 6.69. The SMILES string of the molecule is CC[C@@H](C)NC(=O)[C@@H](Cc1ccccc1)N(Cc1cccc(Br)c1)C(=O)CN(c1ccccc1)S(=O)(=O)c1ccc(OC)cc1. The van der Waals surface area contributed by atoms with Crippen molar-refractivity contribution in [3.8, 4) is 5.75 Å². The summed E-state index contributed by atoms with van der Waals surface area (Å²) in [6.45, 7) is 3.46. The van der Waals surface area contributed by atoms with Gasteiger partial charge in [-0.3, -0.25) is 13.9 Å². The molecule has 10 heteroatoms. The minimum absolute atomic E-state index is 0.00819. The van der Waals surface area contributed by atoms with Gasteiger partial charge in [-0.2, -0.15) is 0 Å². The Labute approximate surface area is 274 Å². The second-order valence-corrected chi connectivity index (χ2v) is 13.5. The Balaban J connectivity index is 1.79. The van der Waals surface area contributed by atoms with E-state index in [0.29, 0.717) is 17.9 Å². The zero-order valence-corrected chi connectivity index (χ0v) is 28.0. The van der Waals surface area contributed by atoms with E-state index in [9.17, 15) is 18.0 Å². The van der Waals surface area contributed by atoms with Crippen molar-refractivity contribution < 1.29 is 22.7 Å². The number of anilines is 1. The van der Waals surface area contributed by atoms with Gasteiger partial charge in [0, 0.05) is 23.5 Å². The van der Waals surface area contributed by atoms with E-state index in [-0.39, 0.29) is 29.8 Å². The summed E-state index contributed by atoms with van der Waals surface area (Å²) >= 11 is 3.50. The summed E-state index contributed by atoms with van der Waals surface area (Å²) in [6, 6.07) is 30.5. The van der Waals surface area contributed by atoms with Gasteiger partial charge in [0.05, 0.1) is 17.7 Å². The van der Waals surface area contributed by atoms with Gasteiger partial charge in [0.25, 0.3) is 10.0 Å². The van der Waals surface area contributed by atoms with Gasteiger partial charge >= 0.3 is 0 Å². The van der Waals surface area contributed by atoms with E-state index in [1.807, 2.05) is 68.4 Å². The number of para-hydroxylation sites is 1. The Hall–Kier alpha value is -4.15. The van der Waals surface area contributed by atoms with Crippen LogP contribution in [0.15, 0.2) is 119 Å². The van der Waals surface area contributed by atoms with Crippen molar-refractivity contribution >= 4 is 43.5 Å². The van der Waals surface area contributed by atoms with Crippen molar-refractivity contribution in [3.05, 3.63) is 125 Å². The molecule has 0 fully saturated rings. The van der Waals surface area contributed by atoms with Gasteiger partial charge in [0.15, 0.2) is 0 Å². The van der Waals surface area contributed by atoms with E-state index in [0.717, 1.165) is 19.9 Å². The molecule has 0 saturated heterocycles. The Morgan fingerprint density at radius 3 is 2.09 bits per heavy atom. The number of carbonyl (C=O) groups is 2. The maximum Gasteiger partial charge on any atom is 0.264 e. The van der Waals surface area contributed by atoms with Crippen molar-refractivity contribution in [3.63, 3.8) is 0 Å². The molecule has 0 spiro atoms. The Kier molecular flexibility index (Phi) is 11.8. The maximum atomic E-state index is 14.5. The molecule has 4 aromatic rings. The van der Waals surface area contributed by atoms with Crippen LogP contribution in [0.2, 0.25) is 0 Å². The molecule has 0 saturated carbocycles. The Bertz CT molecular complexity index is 1670. The number of sulfonamides is 1. The minimum Gasteiger partial charge on any atom is -0.497 e. The fraction of sp³-hybridized carbons (Fsp3) is 0.257. The van der Waals surface area contributed by atoms with Crippen LogP contribution in [0.3, 0.4) is 0 Å². The van der Waals surface area contributed by atoms with Gasteiger partial charge in [0.1, 0.15) is 18.3 Å². The smallest absolute Gasteiger partial charge is 0.264 e. The predicted octanol–water partition coefficient (Wildman–Crippen LogP) is 6.21. The molecular formula is C35H38BrN3O5S. The highest BCUT2D eigenvalue weighted by atomic mass is 79.9. The van der Waals surface area contributed by atoms with E-state index < -0.39 is 28.5 Å². The molecule has 0 heterocycles. The number of methoxy groups -OCH3 is 1. The van der Waals surface area contributed by atoms with Crippen molar-refractivity contribution in [2.75, 3.05) is 18.0 Å². The average Bonchev–Trinajstić information content (AvgIpc) is 3.05. The van der Waals surface area contributed by atoms with Crippen LogP contribution in [-0.2, 0) is 32.6 Å². The Morgan fingerprint density at radius 1 is 0.867 bits per heavy atom. The standard InChI is InChI=1S/C35H38BrN3O5S/c1-4-26(2)37-35(41)33(23-27-12-7-5-8-13-27)38(24-28-14-11-15-29(36)22-28)34(40)25-39(30-16-9-6-10-17-30)45(42,43)32-20-18-31(44-3)19-21-32/h5-22,26,33H,4,23-25H2,1-3H3,(H,37,41)/t26-,33-/m1/s1. The highest BCUT2D eigenvalue weighted by Crippen LogP contribution is 2.26. The van der Waals surface area contributed by atoms with Crippen LogP contribution in [0.4, 0.5) is 5.69 Å². The first-order chi connectivity index (χ1) is 21.6. The molecule has 0 aliphatic heterocycles. The van der Waals surface area contributed by atoms with Crippen LogP contribution in [-0.4, -0.2) is 50.9 Å². The highest BCUT2D eigenvalue weighted by Gasteiger charge is 2.35. The van der Waals surface area contributed by atoms with Crippen LogP contribution < -0.4 is 14.4 Å². The molecule has 2 amide bonds. The van der Waals surface area contributed by atoms with Gasteiger partial charge in [-0.1, -0.05) is 83.5 Å². The lowest BCUT2D eigenvalue weighted by Crippen LogP contribution is -2.54. The maximum absolute atomic E-state index is 14.5. The summed E-state index contributed by atoms with van der Waals surface area (Å²) in [6.07, 6.45) is 0.963. The zero-order valence-electron chi connectivity index (χ0n) is 25.6. The number of halogens is 1. The minimum atomic E-state index is -4.19. The molecule has 0 unspecified atom stereocenters. The Morgan fingerprint density at radius 2 is 1.49 bits per heavy atom. The molecule has 45 heavy (non-hydrogen) atoms. The van der Waals surface area contributed by atoms with Crippen molar-refractivity contribution in [1.82, 2.24) is 10.2 Å². The second-order valence-electron chi connectivity index (χ2n) is 10.7.